The molecule has 0 atom stereocenters. The summed E-state index contributed by atoms with van der Waals surface area (Å²) in [5.74, 6) is 0. The second kappa shape index (κ2) is 6.05. The molecule has 0 aromatic rings. The molecule has 0 bridgehead atoms. The van der Waals surface area contributed by atoms with E-state index in [1.165, 1.54) is 0 Å². The van der Waals surface area contributed by atoms with Gasteiger partial charge in [0, 0.05) is 0 Å². The van der Waals surface area contributed by atoms with Gasteiger partial charge in [0.1, 0.15) is 0 Å². The minimum atomic E-state index is -4.93. The Kier molecular flexibility index (Phi) is 5.86. The van der Waals surface area contributed by atoms with E-state index in [1.807, 2.05) is 0 Å². The topological polar surface area (TPSA) is 66.8 Å². The van der Waals surface area contributed by atoms with Gasteiger partial charge in [0.2, 0.25) is 0 Å². The van der Waals surface area contributed by atoms with Crippen molar-refractivity contribution in [2.75, 3.05) is 6.61 Å². The average molecular weight is 302 g/mol. The van der Waals surface area contributed by atoms with Crippen molar-refractivity contribution in [2.45, 2.75) is 25.2 Å². The summed E-state index contributed by atoms with van der Waals surface area (Å²) in [4.78, 5) is 16.4. The van der Waals surface area contributed by atoms with Crippen molar-refractivity contribution >= 4 is 7.82 Å². The maximum Gasteiger partial charge on any atom is 0.469 e. The molecule has 0 aliphatic rings. The zero-order valence-corrected chi connectivity index (χ0v) is 9.52. The summed E-state index contributed by atoms with van der Waals surface area (Å²) in [6.07, 6.45) is -13.0. The van der Waals surface area contributed by atoms with Gasteiger partial charge in [-0.2, -0.15) is 26.3 Å². The lowest BCUT2D eigenvalue weighted by Gasteiger charge is -2.13. The van der Waals surface area contributed by atoms with Crippen molar-refractivity contribution in [1.82, 2.24) is 0 Å². The van der Waals surface area contributed by atoms with E-state index in [9.17, 15) is 30.9 Å². The smallest absolute Gasteiger partial charge is 0.303 e. The molecule has 0 saturated carbocycles. The molecular weight excluding hydrogens is 293 g/mol. The van der Waals surface area contributed by atoms with E-state index in [0.29, 0.717) is 6.08 Å². The molecule has 0 rings (SSSR count). The summed E-state index contributed by atoms with van der Waals surface area (Å²) in [5, 5.41) is 0. The van der Waals surface area contributed by atoms with Crippen molar-refractivity contribution in [3.05, 3.63) is 11.6 Å². The molecule has 0 spiro atoms. The van der Waals surface area contributed by atoms with Crippen molar-refractivity contribution in [3.8, 4) is 0 Å². The van der Waals surface area contributed by atoms with Gasteiger partial charge < -0.3 is 9.79 Å². The molecule has 0 radical (unpaired) electrons. The molecule has 0 aromatic heterocycles. The van der Waals surface area contributed by atoms with Crippen molar-refractivity contribution in [2.24, 2.45) is 0 Å². The van der Waals surface area contributed by atoms with E-state index >= 15 is 0 Å². The van der Waals surface area contributed by atoms with E-state index in [1.54, 1.807) is 0 Å². The Morgan fingerprint density at radius 1 is 1.06 bits per heavy atom. The number of allylic oxidation sites excluding steroid dienone is 1. The summed E-state index contributed by atoms with van der Waals surface area (Å²) in [7, 11) is -4.93. The predicted molar refractivity (Wildman–Crippen MR) is 47.4 cm³/mol. The summed E-state index contributed by atoms with van der Waals surface area (Å²) in [6.45, 7) is -1.04. The fraction of sp³-hybridized carbons (Fsp3) is 0.714. The minimum Gasteiger partial charge on any atom is -0.303 e. The lowest BCUT2D eigenvalue weighted by Crippen LogP contribution is -2.15. The lowest BCUT2D eigenvalue weighted by atomic mass is 10.1. The van der Waals surface area contributed by atoms with E-state index in [4.69, 9.17) is 9.79 Å². The van der Waals surface area contributed by atoms with Gasteiger partial charge in [0.05, 0.1) is 19.4 Å². The van der Waals surface area contributed by atoms with Crippen molar-refractivity contribution in [1.29, 1.82) is 0 Å². The standard InChI is InChI=1S/C7H9F6O4P/c8-6(9,10)3-5(4-7(11,12)13)1-2-17-18(14,15)16/h1H,2-4H2,(H2,14,15,16). The van der Waals surface area contributed by atoms with Crippen molar-refractivity contribution < 1.29 is 45.2 Å². The van der Waals surface area contributed by atoms with Gasteiger partial charge >= 0.3 is 20.2 Å². The molecule has 0 amide bonds. The molecule has 0 heterocycles. The van der Waals surface area contributed by atoms with Gasteiger partial charge in [-0.1, -0.05) is 11.6 Å². The van der Waals surface area contributed by atoms with Gasteiger partial charge in [-0.3, -0.25) is 4.52 Å². The Hall–Kier alpha value is -0.570. The number of hydrogen-bond acceptors (Lipinski definition) is 2. The first-order valence-electron chi connectivity index (χ1n) is 4.30. The highest BCUT2D eigenvalue weighted by atomic mass is 31.2. The molecule has 2 N–H and O–H groups in total. The molecule has 11 heteroatoms. The van der Waals surface area contributed by atoms with Crippen LogP contribution in [0.1, 0.15) is 12.8 Å². The van der Waals surface area contributed by atoms with Gasteiger partial charge in [-0.15, -0.1) is 0 Å². The molecular formula is C7H9F6O4P. The zero-order chi connectivity index (χ0) is 14.6. The molecule has 0 aromatic carbocycles. The van der Waals surface area contributed by atoms with Crippen LogP contribution in [0.15, 0.2) is 11.6 Å². The summed E-state index contributed by atoms with van der Waals surface area (Å²) in [5.41, 5.74) is -1.07. The maximum atomic E-state index is 11.9. The third-order valence-corrected chi connectivity index (χ3v) is 1.96. The highest BCUT2D eigenvalue weighted by molar-refractivity contribution is 7.46. The van der Waals surface area contributed by atoms with Gasteiger partial charge in [0.25, 0.3) is 0 Å². The van der Waals surface area contributed by atoms with E-state index in [0.717, 1.165) is 0 Å². The Morgan fingerprint density at radius 2 is 1.44 bits per heavy atom. The highest BCUT2D eigenvalue weighted by Crippen LogP contribution is 2.36. The van der Waals surface area contributed by atoms with Crippen LogP contribution in [0.2, 0.25) is 0 Å². The highest BCUT2D eigenvalue weighted by Gasteiger charge is 2.35. The molecule has 4 nitrogen and oxygen atoms in total. The van der Waals surface area contributed by atoms with Crippen LogP contribution in [0.25, 0.3) is 0 Å². The molecule has 0 unspecified atom stereocenters. The molecule has 18 heavy (non-hydrogen) atoms. The number of phosphoric acid groups is 1. The van der Waals surface area contributed by atoms with E-state index in [2.05, 4.69) is 4.52 Å². The van der Waals surface area contributed by atoms with Crippen LogP contribution in [-0.4, -0.2) is 28.7 Å². The number of phosphoric ester groups is 1. The lowest BCUT2D eigenvalue weighted by molar-refractivity contribution is -0.142. The van der Waals surface area contributed by atoms with Crippen LogP contribution in [-0.2, 0) is 9.09 Å². The summed E-state index contributed by atoms with van der Waals surface area (Å²) >= 11 is 0. The monoisotopic (exact) mass is 302 g/mol. The van der Waals surface area contributed by atoms with Gasteiger partial charge in [0.15, 0.2) is 0 Å². The van der Waals surface area contributed by atoms with Crippen LogP contribution < -0.4 is 0 Å². The molecule has 108 valence electrons. The number of hydrogen-bond donors (Lipinski definition) is 2. The molecule has 0 aliphatic heterocycles. The van der Waals surface area contributed by atoms with E-state index in [-0.39, 0.29) is 0 Å². The Bertz CT molecular complexity index is 323. The maximum absolute atomic E-state index is 11.9. The summed E-state index contributed by atoms with van der Waals surface area (Å²) < 4.78 is 85.6. The van der Waals surface area contributed by atoms with Gasteiger partial charge in [-0.25, -0.2) is 4.57 Å². The van der Waals surface area contributed by atoms with Crippen LogP contribution >= 0.6 is 7.82 Å². The SMILES string of the molecule is O=P(O)(O)OCC=C(CC(F)(F)F)CC(F)(F)F. The van der Waals surface area contributed by atoms with Crippen LogP contribution in [0, 0.1) is 0 Å². The fourth-order valence-electron chi connectivity index (χ4n) is 0.974. The molecule has 0 saturated heterocycles. The second-order valence-electron chi connectivity index (χ2n) is 3.23. The molecule has 0 aliphatic carbocycles. The fourth-order valence-corrected chi connectivity index (χ4v) is 1.24. The minimum absolute atomic E-state index is 0.361. The third-order valence-electron chi connectivity index (χ3n) is 1.47. The van der Waals surface area contributed by atoms with E-state index < -0.39 is 45.2 Å². The number of rotatable bonds is 5. The number of alkyl halides is 6. The van der Waals surface area contributed by atoms with Crippen LogP contribution in [0.3, 0.4) is 0 Å². The Balaban J connectivity index is 4.66. The normalized spacial score (nSPS) is 13.6. The Labute approximate surface area is 97.5 Å². The average Bonchev–Trinajstić information content (AvgIpc) is 1.93. The third kappa shape index (κ3) is 11.9. The zero-order valence-electron chi connectivity index (χ0n) is 8.62. The quantitative estimate of drug-likeness (QED) is 0.465. The first-order chi connectivity index (χ1) is 7.79. The number of halogens is 6. The Morgan fingerprint density at radius 3 is 1.72 bits per heavy atom. The second-order valence-corrected chi connectivity index (χ2v) is 4.47. The molecule has 0 fully saturated rings. The summed E-state index contributed by atoms with van der Waals surface area (Å²) in [6, 6.07) is 0. The predicted octanol–water partition coefficient (Wildman–Crippen LogP) is 2.93. The van der Waals surface area contributed by atoms with Crippen LogP contribution in [0.4, 0.5) is 26.3 Å². The van der Waals surface area contributed by atoms with Crippen LogP contribution in [0.5, 0.6) is 0 Å². The first-order valence-corrected chi connectivity index (χ1v) is 5.83. The van der Waals surface area contributed by atoms with Crippen molar-refractivity contribution in [3.63, 3.8) is 0 Å². The largest absolute Gasteiger partial charge is 0.469 e. The first kappa shape index (κ1) is 17.4. The van der Waals surface area contributed by atoms with Gasteiger partial charge in [-0.05, 0) is 0 Å².